The molecule has 0 aliphatic rings. The normalized spacial score (nSPS) is 10.3. The van der Waals surface area contributed by atoms with E-state index in [-0.39, 0.29) is 12.5 Å². The number of aromatic nitrogens is 3. The summed E-state index contributed by atoms with van der Waals surface area (Å²) in [7, 11) is 0. The Morgan fingerprint density at radius 2 is 2.22 bits per heavy atom. The molecule has 2 aromatic heterocycles. The van der Waals surface area contributed by atoms with Crippen LogP contribution in [0, 0.1) is 6.92 Å². The van der Waals surface area contributed by atoms with Crippen molar-refractivity contribution < 1.29 is 9.53 Å². The maximum atomic E-state index is 11.9. The molecule has 1 amide bonds. The number of pyridine rings is 1. The van der Waals surface area contributed by atoms with Crippen molar-refractivity contribution in [3.63, 3.8) is 0 Å². The van der Waals surface area contributed by atoms with Gasteiger partial charge < -0.3 is 10.1 Å². The SMILES string of the molecule is Cc1cccc(OCC(=O)Nc2ccc(-n3ccnc3)nc2)c1. The molecular formula is C17H16N4O2. The van der Waals surface area contributed by atoms with Crippen molar-refractivity contribution in [1.29, 1.82) is 0 Å². The van der Waals surface area contributed by atoms with Gasteiger partial charge >= 0.3 is 0 Å². The van der Waals surface area contributed by atoms with Gasteiger partial charge in [-0.2, -0.15) is 0 Å². The predicted molar refractivity (Wildman–Crippen MR) is 86.7 cm³/mol. The quantitative estimate of drug-likeness (QED) is 0.786. The van der Waals surface area contributed by atoms with Crippen molar-refractivity contribution in [3.05, 3.63) is 66.9 Å². The number of anilines is 1. The van der Waals surface area contributed by atoms with Crippen molar-refractivity contribution in [3.8, 4) is 11.6 Å². The maximum absolute atomic E-state index is 11.9. The third-order valence-corrected chi connectivity index (χ3v) is 3.16. The first-order valence-electron chi connectivity index (χ1n) is 7.14. The Morgan fingerprint density at radius 1 is 1.30 bits per heavy atom. The minimum absolute atomic E-state index is 0.0489. The van der Waals surface area contributed by atoms with E-state index in [0.29, 0.717) is 11.4 Å². The molecule has 0 fully saturated rings. The number of carbonyl (C=O) groups is 1. The molecule has 1 N–H and O–H groups in total. The lowest BCUT2D eigenvalue weighted by Gasteiger charge is -2.08. The van der Waals surface area contributed by atoms with Crippen LogP contribution in [0.5, 0.6) is 5.75 Å². The summed E-state index contributed by atoms with van der Waals surface area (Å²) in [6.07, 6.45) is 6.74. The summed E-state index contributed by atoms with van der Waals surface area (Å²) in [4.78, 5) is 20.1. The van der Waals surface area contributed by atoms with Crippen LogP contribution in [-0.4, -0.2) is 27.0 Å². The Morgan fingerprint density at radius 3 is 2.91 bits per heavy atom. The monoisotopic (exact) mass is 308 g/mol. The zero-order valence-corrected chi connectivity index (χ0v) is 12.6. The minimum Gasteiger partial charge on any atom is -0.484 e. The van der Waals surface area contributed by atoms with Crippen LogP contribution in [0.3, 0.4) is 0 Å². The Bertz CT molecular complexity index is 783. The lowest BCUT2D eigenvalue weighted by molar-refractivity contribution is -0.118. The van der Waals surface area contributed by atoms with Gasteiger partial charge in [0.1, 0.15) is 17.9 Å². The Labute approximate surface area is 133 Å². The van der Waals surface area contributed by atoms with Gasteiger partial charge in [0.2, 0.25) is 0 Å². The highest BCUT2D eigenvalue weighted by molar-refractivity contribution is 5.91. The number of ether oxygens (including phenoxy) is 1. The fraction of sp³-hybridized carbons (Fsp3) is 0.118. The number of benzene rings is 1. The Hall–Kier alpha value is -3.15. The van der Waals surface area contributed by atoms with Crippen molar-refractivity contribution in [2.45, 2.75) is 6.92 Å². The molecule has 0 spiro atoms. The number of nitrogens with one attached hydrogen (secondary N) is 1. The van der Waals surface area contributed by atoms with Crippen molar-refractivity contribution >= 4 is 11.6 Å². The van der Waals surface area contributed by atoms with Gasteiger partial charge in [0, 0.05) is 12.4 Å². The zero-order valence-electron chi connectivity index (χ0n) is 12.6. The summed E-state index contributed by atoms with van der Waals surface area (Å²) in [5.74, 6) is 1.17. The number of hydrogen-bond donors (Lipinski definition) is 1. The lowest BCUT2D eigenvalue weighted by Crippen LogP contribution is -2.20. The summed E-state index contributed by atoms with van der Waals surface area (Å²) in [6, 6.07) is 11.2. The number of nitrogens with zero attached hydrogens (tertiary/aromatic N) is 3. The smallest absolute Gasteiger partial charge is 0.262 e. The van der Waals surface area contributed by atoms with Crippen LogP contribution in [0.25, 0.3) is 5.82 Å². The van der Waals surface area contributed by atoms with Crippen LogP contribution in [0.1, 0.15) is 5.56 Å². The molecule has 0 unspecified atom stereocenters. The molecule has 0 bridgehead atoms. The topological polar surface area (TPSA) is 69.0 Å². The van der Waals surface area contributed by atoms with E-state index in [1.165, 1.54) is 0 Å². The van der Waals surface area contributed by atoms with E-state index in [2.05, 4.69) is 15.3 Å². The van der Waals surface area contributed by atoms with Crippen LogP contribution in [0.2, 0.25) is 0 Å². The molecule has 0 aliphatic heterocycles. The van der Waals surface area contributed by atoms with Gasteiger partial charge in [-0.25, -0.2) is 9.97 Å². The van der Waals surface area contributed by atoms with Crippen LogP contribution in [0.4, 0.5) is 5.69 Å². The zero-order chi connectivity index (χ0) is 16.1. The molecule has 6 nitrogen and oxygen atoms in total. The molecular weight excluding hydrogens is 292 g/mol. The summed E-state index contributed by atoms with van der Waals surface area (Å²) >= 11 is 0. The van der Waals surface area contributed by atoms with Crippen LogP contribution in [-0.2, 0) is 4.79 Å². The average molecular weight is 308 g/mol. The lowest BCUT2D eigenvalue weighted by atomic mass is 10.2. The minimum atomic E-state index is -0.233. The number of imidazole rings is 1. The van der Waals surface area contributed by atoms with E-state index in [9.17, 15) is 4.79 Å². The van der Waals surface area contributed by atoms with Crippen molar-refractivity contribution in [2.75, 3.05) is 11.9 Å². The highest BCUT2D eigenvalue weighted by Gasteiger charge is 2.05. The maximum Gasteiger partial charge on any atom is 0.262 e. The number of amides is 1. The molecule has 3 aromatic rings. The second-order valence-corrected chi connectivity index (χ2v) is 5.03. The van der Waals surface area contributed by atoms with Gasteiger partial charge in [-0.15, -0.1) is 0 Å². The average Bonchev–Trinajstić information content (AvgIpc) is 3.08. The van der Waals surface area contributed by atoms with E-state index in [1.807, 2.05) is 31.2 Å². The molecule has 0 atom stereocenters. The van der Waals surface area contributed by atoms with E-state index in [0.717, 1.165) is 11.4 Å². The second kappa shape index (κ2) is 6.74. The van der Waals surface area contributed by atoms with Gasteiger partial charge in [-0.3, -0.25) is 9.36 Å². The fourth-order valence-corrected chi connectivity index (χ4v) is 2.06. The standard InChI is InChI=1S/C17H16N4O2/c1-13-3-2-4-15(9-13)23-11-17(22)20-14-5-6-16(19-10-14)21-8-7-18-12-21/h2-10,12H,11H2,1H3,(H,20,22). The number of hydrogen-bond acceptors (Lipinski definition) is 4. The van der Waals surface area contributed by atoms with E-state index in [1.54, 1.807) is 41.6 Å². The van der Waals surface area contributed by atoms with E-state index in [4.69, 9.17) is 4.74 Å². The molecule has 0 aliphatic carbocycles. The molecule has 0 saturated carbocycles. The third kappa shape index (κ3) is 3.94. The van der Waals surface area contributed by atoms with E-state index < -0.39 is 0 Å². The Kier molecular flexibility index (Phi) is 4.33. The molecule has 2 heterocycles. The Balaban J connectivity index is 1.55. The van der Waals surface area contributed by atoms with Gasteiger partial charge in [0.05, 0.1) is 11.9 Å². The molecule has 3 rings (SSSR count). The second-order valence-electron chi connectivity index (χ2n) is 5.03. The molecule has 1 aromatic carbocycles. The molecule has 23 heavy (non-hydrogen) atoms. The van der Waals surface area contributed by atoms with Crippen molar-refractivity contribution in [1.82, 2.24) is 14.5 Å². The van der Waals surface area contributed by atoms with Gasteiger partial charge in [0.15, 0.2) is 6.61 Å². The predicted octanol–water partition coefficient (Wildman–Crippen LogP) is 2.59. The highest BCUT2D eigenvalue weighted by Crippen LogP contribution is 2.13. The van der Waals surface area contributed by atoms with Crippen LogP contribution >= 0.6 is 0 Å². The summed E-state index contributed by atoms with van der Waals surface area (Å²) < 4.78 is 7.24. The van der Waals surface area contributed by atoms with Crippen LogP contribution < -0.4 is 10.1 Å². The first kappa shape index (κ1) is 14.8. The number of rotatable bonds is 5. The molecule has 116 valence electrons. The first-order valence-corrected chi connectivity index (χ1v) is 7.14. The summed E-state index contributed by atoms with van der Waals surface area (Å²) in [5, 5.41) is 2.75. The number of carbonyl (C=O) groups excluding carboxylic acids is 1. The summed E-state index contributed by atoms with van der Waals surface area (Å²) in [5.41, 5.74) is 1.70. The van der Waals surface area contributed by atoms with E-state index >= 15 is 0 Å². The molecule has 0 radical (unpaired) electrons. The number of aryl methyl sites for hydroxylation is 1. The van der Waals surface area contributed by atoms with Gasteiger partial charge in [-0.05, 0) is 36.8 Å². The largest absolute Gasteiger partial charge is 0.484 e. The highest BCUT2D eigenvalue weighted by atomic mass is 16.5. The van der Waals surface area contributed by atoms with Crippen molar-refractivity contribution in [2.24, 2.45) is 0 Å². The first-order chi connectivity index (χ1) is 11.2. The fourth-order valence-electron chi connectivity index (χ4n) is 2.06. The third-order valence-electron chi connectivity index (χ3n) is 3.16. The summed E-state index contributed by atoms with van der Waals surface area (Å²) in [6.45, 7) is 1.92. The van der Waals surface area contributed by atoms with Gasteiger partial charge in [0.25, 0.3) is 5.91 Å². The molecule has 0 saturated heterocycles. The van der Waals surface area contributed by atoms with Gasteiger partial charge in [-0.1, -0.05) is 12.1 Å². The molecule has 6 heteroatoms. The van der Waals surface area contributed by atoms with Crippen LogP contribution in [0.15, 0.2) is 61.3 Å².